The first-order valence-corrected chi connectivity index (χ1v) is 18.0. The van der Waals surface area contributed by atoms with Crippen LogP contribution in [0.15, 0.2) is 200 Å². The van der Waals surface area contributed by atoms with Gasteiger partial charge in [-0.1, -0.05) is 170 Å². The van der Waals surface area contributed by atoms with Crippen LogP contribution in [0.25, 0.3) is 94.4 Å². The van der Waals surface area contributed by atoms with Gasteiger partial charge in [0, 0.05) is 33.0 Å². The molecule has 8 aromatic carbocycles. The van der Waals surface area contributed by atoms with Crippen molar-refractivity contribution in [3.63, 3.8) is 0 Å². The zero-order valence-corrected chi connectivity index (χ0v) is 28.9. The van der Waals surface area contributed by atoms with E-state index < -0.39 is 0 Å². The van der Waals surface area contributed by atoms with Gasteiger partial charge >= 0.3 is 0 Å². The average molecular weight is 676 g/mol. The molecule has 2 aromatic heterocycles. The molecule has 0 radical (unpaired) electrons. The highest BCUT2D eigenvalue weighted by Gasteiger charge is 2.16. The lowest BCUT2D eigenvalue weighted by Gasteiger charge is -2.12. The van der Waals surface area contributed by atoms with Crippen LogP contribution >= 0.6 is 0 Å². The Bertz CT molecular complexity index is 2800. The van der Waals surface area contributed by atoms with Gasteiger partial charge in [-0.15, -0.1) is 0 Å². The Kier molecular flexibility index (Phi) is 7.47. The van der Waals surface area contributed by atoms with Gasteiger partial charge in [0.2, 0.25) is 0 Å². The Balaban J connectivity index is 1.05. The maximum absolute atomic E-state index is 5.07. The van der Waals surface area contributed by atoms with Crippen LogP contribution in [0.2, 0.25) is 0 Å². The Morgan fingerprint density at radius 2 is 0.736 bits per heavy atom. The minimum atomic E-state index is 0.732. The molecule has 0 amide bonds. The van der Waals surface area contributed by atoms with Gasteiger partial charge in [0.25, 0.3) is 0 Å². The molecule has 10 aromatic rings. The van der Waals surface area contributed by atoms with Gasteiger partial charge in [-0.3, -0.25) is 0 Å². The molecule has 10 rings (SSSR count). The zero-order chi connectivity index (χ0) is 35.1. The minimum absolute atomic E-state index is 0.732. The Labute approximate surface area is 308 Å². The summed E-state index contributed by atoms with van der Waals surface area (Å²) >= 11 is 0. The summed E-state index contributed by atoms with van der Waals surface area (Å²) in [5.41, 5.74) is 14.6. The number of fused-ring (bicyclic) bond motifs is 4. The summed E-state index contributed by atoms with van der Waals surface area (Å²) < 4.78 is 2.42. The largest absolute Gasteiger partial charge is 0.309 e. The van der Waals surface area contributed by atoms with Crippen LogP contribution in [0.4, 0.5) is 0 Å². The highest BCUT2D eigenvalue weighted by molar-refractivity contribution is 6.11. The molecule has 0 fully saturated rings. The Morgan fingerprint density at radius 3 is 1.30 bits per heavy atom. The van der Waals surface area contributed by atoms with Crippen molar-refractivity contribution in [2.75, 3.05) is 0 Å². The van der Waals surface area contributed by atoms with E-state index in [1.54, 1.807) is 0 Å². The molecular weight excluding hydrogens is 643 g/mol. The number of hydrogen-bond donors (Lipinski definition) is 0. The molecule has 0 aliphatic rings. The first-order chi connectivity index (χ1) is 26.3. The second kappa shape index (κ2) is 12.9. The van der Waals surface area contributed by atoms with Crippen molar-refractivity contribution < 1.29 is 0 Å². The monoisotopic (exact) mass is 675 g/mol. The van der Waals surface area contributed by atoms with Crippen LogP contribution in [0, 0.1) is 0 Å². The number of para-hydroxylation sites is 1. The number of benzene rings is 8. The van der Waals surface area contributed by atoms with E-state index in [1.807, 2.05) is 24.3 Å². The second-order valence-electron chi connectivity index (χ2n) is 13.4. The van der Waals surface area contributed by atoms with Crippen molar-refractivity contribution in [2.45, 2.75) is 0 Å². The fourth-order valence-electron chi connectivity index (χ4n) is 7.55. The molecular formula is C50H33N3. The summed E-state index contributed by atoms with van der Waals surface area (Å²) in [5, 5.41) is 3.53. The fraction of sp³-hybridized carbons (Fsp3) is 0. The van der Waals surface area contributed by atoms with E-state index in [9.17, 15) is 0 Å². The third-order valence-corrected chi connectivity index (χ3v) is 10.2. The van der Waals surface area contributed by atoms with E-state index in [2.05, 4.69) is 180 Å². The van der Waals surface area contributed by atoms with Crippen molar-refractivity contribution in [2.24, 2.45) is 0 Å². The molecule has 0 spiro atoms. The maximum Gasteiger partial charge on any atom is 0.160 e. The standard InChI is InChI=1S/C50H33N3/c1-4-12-34(13-5-1)40-26-30-43-44-31-27-41(35-14-6-2-7-15-35)33-48(44)53(47(43)32-40)42-28-24-37(25-29-42)36-20-22-38(23-21-36)49-45-18-10-11-19-46(45)51-50(52-49)39-16-8-3-9-17-39/h1-33H. The van der Waals surface area contributed by atoms with Crippen LogP contribution < -0.4 is 0 Å². The predicted octanol–water partition coefficient (Wildman–Crippen LogP) is 13.1. The number of rotatable bonds is 6. The third kappa shape index (κ3) is 5.56. The smallest absolute Gasteiger partial charge is 0.160 e. The Hall–Kier alpha value is -7.10. The number of nitrogens with zero attached hydrogens (tertiary/aromatic N) is 3. The molecule has 2 heterocycles. The molecule has 0 bridgehead atoms. The van der Waals surface area contributed by atoms with Gasteiger partial charge < -0.3 is 4.57 Å². The first-order valence-electron chi connectivity index (χ1n) is 18.0. The van der Waals surface area contributed by atoms with E-state index in [0.29, 0.717) is 0 Å². The molecule has 248 valence electrons. The minimum Gasteiger partial charge on any atom is -0.309 e. The van der Waals surface area contributed by atoms with E-state index >= 15 is 0 Å². The highest BCUT2D eigenvalue weighted by atomic mass is 15.0. The predicted molar refractivity (Wildman–Crippen MR) is 221 cm³/mol. The molecule has 0 atom stereocenters. The summed E-state index contributed by atoms with van der Waals surface area (Å²) in [7, 11) is 0. The quantitative estimate of drug-likeness (QED) is 0.176. The van der Waals surface area contributed by atoms with Crippen LogP contribution in [0.1, 0.15) is 0 Å². The molecule has 53 heavy (non-hydrogen) atoms. The highest BCUT2D eigenvalue weighted by Crippen LogP contribution is 2.38. The average Bonchev–Trinajstić information content (AvgIpc) is 3.57. The van der Waals surface area contributed by atoms with Crippen LogP contribution in [-0.4, -0.2) is 14.5 Å². The van der Waals surface area contributed by atoms with Crippen molar-refractivity contribution in [3.8, 4) is 61.7 Å². The van der Waals surface area contributed by atoms with Crippen LogP contribution in [-0.2, 0) is 0 Å². The lowest BCUT2D eigenvalue weighted by molar-refractivity contribution is 1.18. The summed E-state index contributed by atoms with van der Waals surface area (Å²) in [6.07, 6.45) is 0. The molecule has 3 heteroatoms. The molecule has 0 aliphatic carbocycles. The molecule has 0 N–H and O–H groups in total. The van der Waals surface area contributed by atoms with Crippen molar-refractivity contribution in [1.82, 2.24) is 14.5 Å². The topological polar surface area (TPSA) is 30.7 Å². The van der Waals surface area contributed by atoms with Gasteiger partial charge in [-0.2, -0.15) is 0 Å². The Morgan fingerprint density at radius 1 is 0.302 bits per heavy atom. The van der Waals surface area contributed by atoms with E-state index in [0.717, 1.165) is 50.4 Å². The number of hydrogen-bond acceptors (Lipinski definition) is 2. The normalized spacial score (nSPS) is 11.4. The van der Waals surface area contributed by atoms with Gasteiger partial charge in [-0.25, -0.2) is 9.97 Å². The maximum atomic E-state index is 5.07. The fourth-order valence-corrected chi connectivity index (χ4v) is 7.55. The van der Waals surface area contributed by atoms with Crippen LogP contribution in [0.5, 0.6) is 0 Å². The molecule has 3 nitrogen and oxygen atoms in total. The zero-order valence-electron chi connectivity index (χ0n) is 28.9. The number of aromatic nitrogens is 3. The lowest BCUT2D eigenvalue weighted by atomic mass is 10.0. The second-order valence-corrected chi connectivity index (χ2v) is 13.4. The van der Waals surface area contributed by atoms with E-state index in [1.165, 1.54) is 44.1 Å². The van der Waals surface area contributed by atoms with Gasteiger partial charge in [0.1, 0.15) is 0 Å². The van der Waals surface area contributed by atoms with Gasteiger partial charge in [-0.05, 0) is 63.7 Å². The summed E-state index contributed by atoms with van der Waals surface area (Å²) in [6.45, 7) is 0. The molecule has 0 saturated carbocycles. The van der Waals surface area contributed by atoms with Crippen LogP contribution in [0.3, 0.4) is 0 Å². The van der Waals surface area contributed by atoms with E-state index in [-0.39, 0.29) is 0 Å². The van der Waals surface area contributed by atoms with Gasteiger partial charge in [0.15, 0.2) is 5.82 Å². The summed E-state index contributed by atoms with van der Waals surface area (Å²) in [4.78, 5) is 9.96. The SMILES string of the molecule is c1ccc(-c2ccc3c4ccc(-c5ccccc5)cc4n(-c4ccc(-c5ccc(-c6nc(-c7ccccc7)nc7ccccc67)cc5)cc4)c3c2)cc1. The molecule has 0 unspecified atom stereocenters. The van der Waals surface area contributed by atoms with E-state index in [4.69, 9.17) is 9.97 Å². The van der Waals surface area contributed by atoms with Crippen molar-refractivity contribution >= 4 is 32.7 Å². The molecule has 0 saturated heterocycles. The summed E-state index contributed by atoms with van der Waals surface area (Å²) in [6, 6.07) is 71.1. The molecule has 0 aliphatic heterocycles. The lowest BCUT2D eigenvalue weighted by Crippen LogP contribution is -1.95. The first kappa shape index (κ1) is 30.7. The van der Waals surface area contributed by atoms with Crippen molar-refractivity contribution in [3.05, 3.63) is 200 Å². The summed E-state index contributed by atoms with van der Waals surface area (Å²) in [5.74, 6) is 0.732. The van der Waals surface area contributed by atoms with Crippen molar-refractivity contribution in [1.29, 1.82) is 0 Å². The van der Waals surface area contributed by atoms with Gasteiger partial charge in [0.05, 0.1) is 22.2 Å². The third-order valence-electron chi connectivity index (χ3n) is 10.2.